The molecule has 3 nitrogen and oxygen atoms in total. The molecular formula is C8H9F2N3. The van der Waals surface area contributed by atoms with Crippen LogP contribution in [0.25, 0.3) is 0 Å². The molecule has 0 atom stereocenters. The number of halogens is 2. The Bertz CT molecular complexity index is 325. The van der Waals surface area contributed by atoms with Crippen molar-refractivity contribution < 1.29 is 8.78 Å². The van der Waals surface area contributed by atoms with Crippen LogP contribution in [0.2, 0.25) is 0 Å². The van der Waals surface area contributed by atoms with Crippen molar-refractivity contribution in [2.45, 2.75) is 0 Å². The Morgan fingerprint density at radius 1 is 1.31 bits per heavy atom. The Labute approximate surface area is 74.2 Å². The summed E-state index contributed by atoms with van der Waals surface area (Å²) in [6, 6.07) is 3.09. The van der Waals surface area contributed by atoms with E-state index in [4.69, 9.17) is 11.6 Å². The van der Waals surface area contributed by atoms with Crippen LogP contribution in [0.5, 0.6) is 0 Å². The van der Waals surface area contributed by atoms with Crippen LogP contribution in [-0.2, 0) is 0 Å². The lowest BCUT2D eigenvalue weighted by Crippen LogP contribution is -2.25. The molecule has 0 saturated carbocycles. The van der Waals surface area contributed by atoms with Gasteiger partial charge >= 0.3 is 0 Å². The maximum Gasteiger partial charge on any atom is 0.151 e. The summed E-state index contributed by atoms with van der Waals surface area (Å²) in [4.78, 5) is 0. The van der Waals surface area contributed by atoms with Crippen molar-refractivity contribution >= 4 is 5.69 Å². The normalized spacial score (nSPS) is 10.7. The molecule has 0 heterocycles. The van der Waals surface area contributed by atoms with E-state index in [9.17, 15) is 8.78 Å². The fraction of sp³-hybridized carbons (Fsp3) is 0. The summed E-state index contributed by atoms with van der Waals surface area (Å²) in [6.07, 6.45) is 2.42. The summed E-state index contributed by atoms with van der Waals surface area (Å²) in [5, 5.41) is 0.967. The first kappa shape index (κ1) is 9.47. The van der Waals surface area contributed by atoms with E-state index in [-0.39, 0.29) is 5.69 Å². The number of anilines is 1. The summed E-state index contributed by atoms with van der Waals surface area (Å²) in [7, 11) is 0. The van der Waals surface area contributed by atoms with E-state index in [0.717, 1.165) is 23.3 Å². The molecule has 70 valence electrons. The van der Waals surface area contributed by atoms with E-state index in [1.807, 2.05) is 0 Å². The highest BCUT2D eigenvalue weighted by Gasteiger charge is 2.06. The Kier molecular flexibility index (Phi) is 2.81. The van der Waals surface area contributed by atoms with Gasteiger partial charge in [-0.2, -0.15) is 0 Å². The van der Waals surface area contributed by atoms with Gasteiger partial charge in [-0.25, -0.2) is 14.6 Å². The number of benzene rings is 1. The van der Waals surface area contributed by atoms with E-state index in [0.29, 0.717) is 0 Å². The van der Waals surface area contributed by atoms with Crippen molar-refractivity contribution in [2.24, 2.45) is 11.6 Å². The van der Waals surface area contributed by atoms with Gasteiger partial charge in [0.1, 0.15) is 5.82 Å². The van der Waals surface area contributed by atoms with Crippen molar-refractivity contribution in [1.82, 2.24) is 0 Å². The van der Waals surface area contributed by atoms with Crippen LogP contribution in [0.4, 0.5) is 14.5 Å². The van der Waals surface area contributed by atoms with Gasteiger partial charge in [0.25, 0.3) is 0 Å². The van der Waals surface area contributed by atoms with Gasteiger partial charge in [0.2, 0.25) is 0 Å². The van der Waals surface area contributed by atoms with E-state index in [1.165, 1.54) is 12.3 Å². The molecule has 1 aromatic rings. The molecule has 1 aromatic carbocycles. The third kappa shape index (κ3) is 2.16. The molecule has 0 aliphatic carbocycles. The van der Waals surface area contributed by atoms with E-state index >= 15 is 0 Å². The van der Waals surface area contributed by atoms with E-state index in [2.05, 4.69) is 0 Å². The van der Waals surface area contributed by atoms with Crippen LogP contribution in [-0.4, -0.2) is 0 Å². The third-order valence-electron chi connectivity index (χ3n) is 1.43. The summed E-state index contributed by atoms with van der Waals surface area (Å²) in [5.41, 5.74) is 5.11. The molecule has 0 radical (unpaired) electrons. The first-order valence-corrected chi connectivity index (χ1v) is 3.52. The quantitative estimate of drug-likeness (QED) is 0.535. The lowest BCUT2D eigenvalue weighted by atomic mass is 10.3. The third-order valence-corrected chi connectivity index (χ3v) is 1.43. The molecule has 0 aliphatic rings. The lowest BCUT2D eigenvalue weighted by molar-refractivity contribution is 0.582. The molecule has 4 N–H and O–H groups in total. The molecule has 0 aromatic heterocycles. The SMILES string of the molecule is N/C=C\N(N)c1ccc(F)cc1F. The Balaban J connectivity index is 3.01. The van der Waals surface area contributed by atoms with Gasteiger partial charge in [-0.1, -0.05) is 0 Å². The van der Waals surface area contributed by atoms with Crippen LogP contribution in [0.15, 0.2) is 30.6 Å². The highest BCUT2D eigenvalue weighted by atomic mass is 19.1. The van der Waals surface area contributed by atoms with E-state index < -0.39 is 11.6 Å². The molecular weight excluding hydrogens is 176 g/mol. The molecule has 0 amide bonds. The average molecular weight is 185 g/mol. The lowest BCUT2D eigenvalue weighted by Gasteiger charge is -2.13. The summed E-state index contributed by atoms with van der Waals surface area (Å²) < 4.78 is 25.4. The molecule has 1 rings (SSSR count). The Morgan fingerprint density at radius 3 is 2.54 bits per heavy atom. The molecule has 13 heavy (non-hydrogen) atoms. The zero-order chi connectivity index (χ0) is 9.84. The van der Waals surface area contributed by atoms with Gasteiger partial charge < -0.3 is 5.73 Å². The largest absolute Gasteiger partial charge is 0.403 e. The Morgan fingerprint density at radius 2 is 2.00 bits per heavy atom. The van der Waals surface area contributed by atoms with Crippen molar-refractivity contribution in [3.05, 3.63) is 42.2 Å². The summed E-state index contributed by atoms with van der Waals surface area (Å²) >= 11 is 0. The van der Waals surface area contributed by atoms with Crippen LogP contribution in [0.1, 0.15) is 0 Å². The zero-order valence-corrected chi connectivity index (χ0v) is 6.74. The maximum absolute atomic E-state index is 13.0. The van der Waals surface area contributed by atoms with Crippen LogP contribution >= 0.6 is 0 Å². The maximum atomic E-state index is 13.0. The van der Waals surface area contributed by atoms with Gasteiger partial charge in [0, 0.05) is 18.5 Å². The number of hydrazine groups is 1. The monoisotopic (exact) mass is 185 g/mol. The number of rotatable bonds is 2. The molecule has 0 saturated heterocycles. The van der Waals surface area contributed by atoms with Crippen LogP contribution < -0.4 is 16.6 Å². The predicted molar refractivity (Wildman–Crippen MR) is 46.4 cm³/mol. The minimum absolute atomic E-state index is 0.0584. The highest BCUT2D eigenvalue weighted by molar-refractivity contribution is 5.48. The number of hydrogen-bond acceptors (Lipinski definition) is 3. The van der Waals surface area contributed by atoms with Crippen molar-refractivity contribution in [3.8, 4) is 0 Å². The molecule has 0 unspecified atom stereocenters. The molecule has 5 heteroatoms. The fourth-order valence-corrected chi connectivity index (χ4v) is 0.864. The zero-order valence-electron chi connectivity index (χ0n) is 6.74. The number of hydrogen-bond donors (Lipinski definition) is 2. The van der Waals surface area contributed by atoms with Gasteiger partial charge in [0.05, 0.1) is 5.69 Å². The second-order valence-corrected chi connectivity index (χ2v) is 2.34. The van der Waals surface area contributed by atoms with Gasteiger partial charge in [-0.15, -0.1) is 0 Å². The molecule has 0 bridgehead atoms. The van der Waals surface area contributed by atoms with Crippen molar-refractivity contribution in [1.29, 1.82) is 0 Å². The second kappa shape index (κ2) is 3.86. The average Bonchev–Trinajstić information content (AvgIpc) is 2.04. The standard InChI is InChI=1S/C8H9F2N3/c9-6-1-2-8(7(10)5-6)13(12)4-3-11/h1-5H,11-12H2/b4-3-. The predicted octanol–water partition coefficient (Wildman–Crippen LogP) is 1.07. The molecule has 0 aliphatic heterocycles. The molecule has 0 fully saturated rings. The highest BCUT2D eigenvalue weighted by Crippen LogP contribution is 2.17. The van der Waals surface area contributed by atoms with Crippen molar-refractivity contribution in [2.75, 3.05) is 5.01 Å². The van der Waals surface area contributed by atoms with E-state index in [1.54, 1.807) is 0 Å². The number of nitrogens with two attached hydrogens (primary N) is 2. The van der Waals surface area contributed by atoms with Gasteiger partial charge in [0.15, 0.2) is 5.82 Å². The summed E-state index contributed by atoms with van der Waals surface area (Å²) in [5.74, 6) is 3.98. The topological polar surface area (TPSA) is 55.3 Å². The number of nitrogens with zero attached hydrogens (tertiary/aromatic N) is 1. The first-order chi connectivity index (χ1) is 6.15. The minimum atomic E-state index is -0.736. The van der Waals surface area contributed by atoms with Crippen LogP contribution in [0.3, 0.4) is 0 Å². The minimum Gasteiger partial charge on any atom is -0.403 e. The smallest absolute Gasteiger partial charge is 0.151 e. The van der Waals surface area contributed by atoms with Crippen molar-refractivity contribution in [3.63, 3.8) is 0 Å². The molecule has 0 spiro atoms. The second-order valence-electron chi connectivity index (χ2n) is 2.34. The van der Waals surface area contributed by atoms with Gasteiger partial charge in [-0.05, 0) is 12.1 Å². The van der Waals surface area contributed by atoms with Gasteiger partial charge in [-0.3, -0.25) is 5.01 Å². The van der Waals surface area contributed by atoms with Crippen LogP contribution in [0, 0.1) is 11.6 Å². The fourth-order valence-electron chi connectivity index (χ4n) is 0.864. The Hall–Kier alpha value is -1.62. The summed E-state index contributed by atoms with van der Waals surface area (Å²) in [6.45, 7) is 0. The first-order valence-electron chi connectivity index (χ1n) is 3.52.